The van der Waals surface area contributed by atoms with Crippen molar-refractivity contribution >= 4 is 41.3 Å². The molecule has 2 saturated heterocycles. The number of aliphatic imine (C=N–C) groups is 1. The van der Waals surface area contributed by atoms with E-state index in [0.29, 0.717) is 6.04 Å². The molecule has 1 atom stereocenters. The Morgan fingerprint density at radius 1 is 1.03 bits per heavy atom. The Labute approximate surface area is 213 Å². The van der Waals surface area contributed by atoms with Crippen LogP contribution in [-0.2, 0) is 17.8 Å². The zero-order valence-electron chi connectivity index (χ0n) is 19.0. The largest absolute Gasteiger partial charge is 0.379 e. The lowest BCUT2D eigenvalue weighted by molar-refractivity contribution is 0.0341. The molecular weight excluding hydrogens is 533 g/mol. The second kappa shape index (κ2) is 13.5. The molecule has 1 aromatic heterocycles. The summed E-state index contributed by atoms with van der Waals surface area (Å²) in [7, 11) is 1.85. The summed E-state index contributed by atoms with van der Waals surface area (Å²) >= 11 is 1.85. The van der Waals surface area contributed by atoms with Gasteiger partial charge in [-0.2, -0.15) is 0 Å². The predicted octanol–water partition coefficient (Wildman–Crippen LogP) is 3.70. The molecule has 1 unspecified atom stereocenters. The van der Waals surface area contributed by atoms with E-state index in [-0.39, 0.29) is 24.0 Å². The summed E-state index contributed by atoms with van der Waals surface area (Å²) in [6.45, 7) is 8.66. The number of morpholine rings is 1. The molecule has 2 aliphatic rings. The van der Waals surface area contributed by atoms with E-state index in [2.05, 4.69) is 67.2 Å². The summed E-state index contributed by atoms with van der Waals surface area (Å²) in [5.74, 6) is 0.863. The topological polar surface area (TPSA) is 52.1 Å². The lowest BCUT2D eigenvalue weighted by Crippen LogP contribution is -2.42. The van der Waals surface area contributed by atoms with Crippen molar-refractivity contribution in [2.24, 2.45) is 4.99 Å². The van der Waals surface area contributed by atoms with Gasteiger partial charge in [-0.3, -0.25) is 14.8 Å². The number of benzene rings is 1. The molecule has 3 heterocycles. The molecule has 0 spiro atoms. The number of hydrogen-bond donors (Lipinski definition) is 2. The van der Waals surface area contributed by atoms with Gasteiger partial charge in [0, 0.05) is 44.6 Å². The molecule has 6 nitrogen and oxygen atoms in total. The third kappa shape index (κ3) is 7.15. The van der Waals surface area contributed by atoms with Crippen molar-refractivity contribution < 1.29 is 4.74 Å². The van der Waals surface area contributed by atoms with Gasteiger partial charge in [-0.1, -0.05) is 30.3 Å². The summed E-state index contributed by atoms with van der Waals surface area (Å²) in [6.07, 6.45) is 2.60. The Morgan fingerprint density at radius 2 is 1.78 bits per heavy atom. The van der Waals surface area contributed by atoms with Gasteiger partial charge in [0.1, 0.15) is 0 Å². The number of halogens is 1. The molecule has 0 aliphatic carbocycles. The highest BCUT2D eigenvalue weighted by Crippen LogP contribution is 2.27. The maximum Gasteiger partial charge on any atom is 0.191 e. The van der Waals surface area contributed by atoms with Gasteiger partial charge in [0.15, 0.2) is 5.96 Å². The Balaban J connectivity index is 0.00000289. The van der Waals surface area contributed by atoms with Crippen molar-refractivity contribution in [2.75, 3.05) is 53.0 Å². The molecule has 2 aromatic rings. The molecule has 8 heteroatoms. The fourth-order valence-corrected chi connectivity index (χ4v) is 5.28. The van der Waals surface area contributed by atoms with Crippen LogP contribution in [0, 0.1) is 0 Å². The first-order chi connectivity index (χ1) is 15.3. The van der Waals surface area contributed by atoms with E-state index in [1.54, 1.807) is 0 Å². The lowest BCUT2D eigenvalue weighted by Gasteiger charge is -2.28. The van der Waals surface area contributed by atoms with Crippen molar-refractivity contribution in [3.63, 3.8) is 0 Å². The van der Waals surface area contributed by atoms with Crippen LogP contribution in [0.4, 0.5) is 0 Å². The molecule has 0 bridgehead atoms. The monoisotopic (exact) mass is 569 g/mol. The third-order valence-corrected chi connectivity index (χ3v) is 7.18. The molecule has 0 radical (unpaired) electrons. The van der Waals surface area contributed by atoms with Gasteiger partial charge in [0.2, 0.25) is 0 Å². The number of nitrogens with one attached hydrogen (secondary N) is 2. The van der Waals surface area contributed by atoms with Crippen LogP contribution in [0.5, 0.6) is 0 Å². The normalized spacial score (nSPS) is 18.8. The molecule has 176 valence electrons. The summed E-state index contributed by atoms with van der Waals surface area (Å²) in [4.78, 5) is 11.0. The predicted molar refractivity (Wildman–Crippen MR) is 144 cm³/mol. The second-order valence-electron chi connectivity index (χ2n) is 8.24. The fraction of sp³-hybridized carbons (Fsp3) is 0.542. The van der Waals surface area contributed by atoms with Crippen LogP contribution < -0.4 is 10.6 Å². The number of likely N-dealkylation sites (tertiary alicyclic amines) is 1. The molecule has 32 heavy (non-hydrogen) atoms. The van der Waals surface area contributed by atoms with Gasteiger partial charge in [0.25, 0.3) is 0 Å². The summed E-state index contributed by atoms with van der Waals surface area (Å²) in [5, 5.41) is 9.30. The zero-order valence-corrected chi connectivity index (χ0v) is 22.1. The van der Waals surface area contributed by atoms with Crippen molar-refractivity contribution in [1.29, 1.82) is 0 Å². The number of guanidine groups is 1. The standard InChI is InChI=1S/C24H35N5OS.HI/c1-25-24(27-18-22(23-9-6-16-31-23)29-10-4-5-11-29)26-17-20-7-2-3-8-21(20)19-28-12-14-30-15-13-28;/h2-3,6-9,16,22H,4-5,10-15,17-19H2,1H3,(H2,25,26,27);1H. The average Bonchev–Trinajstić information content (AvgIpc) is 3.53. The first-order valence-electron chi connectivity index (χ1n) is 11.4. The van der Waals surface area contributed by atoms with E-state index in [1.807, 2.05) is 18.4 Å². The van der Waals surface area contributed by atoms with Crippen LogP contribution in [0.2, 0.25) is 0 Å². The first kappa shape index (κ1) is 25.4. The average molecular weight is 570 g/mol. The minimum absolute atomic E-state index is 0. The molecular formula is C24H36IN5OS. The van der Waals surface area contributed by atoms with E-state index < -0.39 is 0 Å². The van der Waals surface area contributed by atoms with Crippen LogP contribution in [-0.4, -0.2) is 68.7 Å². The molecule has 2 aliphatic heterocycles. The van der Waals surface area contributed by atoms with Crippen molar-refractivity contribution in [3.05, 3.63) is 57.8 Å². The van der Waals surface area contributed by atoms with Gasteiger partial charge in [0.05, 0.1) is 19.3 Å². The van der Waals surface area contributed by atoms with Crippen LogP contribution in [0.15, 0.2) is 46.8 Å². The summed E-state index contributed by atoms with van der Waals surface area (Å²) in [6, 6.07) is 13.5. The number of thiophene rings is 1. The first-order valence-corrected chi connectivity index (χ1v) is 12.3. The van der Waals surface area contributed by atoms with Gasteiger partial charge in [-0.15, -0.1) is 35.3 Å². The van der Waals surface area contributed by atoms with E-state index in [0.717, 1.165) is 51.9 Å². The molecule has 1 aromatic carbocycles. The third-order valence-electron chi connectivity index (χ3n) is 6.20. The van der Waals surface area contributed by atoms with E-state index >= 15 is 0 Å². The van der Waals surface area contributed by atoms with Crippen molar-refractivity contribution in [2.45, 2.75) is 32.0 Å². The Kier molecular flexibility index (Phi) is 10.7. The van der Waals surface area contributed by atoms with Crippen LogP contribution in [0.1, 0.15) is 34.9 Å². The van der Waals surface area contributed by atoms with Gasteiger partial charge in [-0.05, 0) is 48.5 Å². The van der Waals surface area contributed by atoms with E-state index in [1.165, 1.54) is 41.9 Å². The zero-order chi connectivity index (χ0) is 21.3. The molecule has 4 rings (SSSR count). The number of nitrogens with zero attached hydrogens (tertiary/aromatic N) is 3. The maximum atomic E-state index is 5.49. The highest BCUT2D eigenvalue weighted by Gasteiger charge is 2.24. The van der Waals surface area contributed by atoms with Gasteiger partial charge in [-0.25, -0.2) is 0 Å². The molecule has 0 saturated carbocycles. The van der Waals surface area contributed by atoms with Gasteiger partial charge >= 0.3 is 0 Å². The fourth-order valence-electron chi connectivity index (χ4n) is 4.42. The molecule has 0 amide bonds. The van der Waals surface area contributed by atoms with E-state index in [9.17, 15) is 0 Å². The molecule has 2 N–H and O–H groups in total. The summed E-state index contributed by atoms with van der Waals surface area (Å²) in [5.41, 5.74) is 2.70. The van der Waals surface area contributed by atoms with Crippen LogP contribution >= 0.6 is 35.3 Å². The minimum Gasteiger partial charge on any atom is -0.379 e. The number of hydrogen-bond acceptors (Lipinski definition) is 5. The Bertz CT molecular complexity index is 820. The van der Waals surface area contributed by atoms with E-state index in [4.69, 9.17) is 4.74 Å². The smallest absolute Gasteiger partial charge is 0.191 e. The maximum absolute atomic E-state index is 5.49. The Hall–Kier alpha value is -1.20. The summed E-state index contributed by atoms with van der Waals surface area (Å²) < 4.78 is 5.49. The quantitative estimate of drug-likeness (QED) is 0.289. The minimum atomic E-state index is 0. The van der Waals surface area contributed by atoms with Gasteiger partial charge < -0.3 is 15.4 Å². The van der Waals surface area contributed by atoms with Crippen molar-refractivity contribution in [3.8, 4) is 0 Å². The lowest BCUT2D eigenvalue weighted by atomic mass is 10.1. The van der Waals surface area contributed by atoms with Crippen LogP contribution in [0.3, 0.4) is 0 Å². The van der Waals surface area contributed by atoms with Crippen molar-refractivity contribution in [1.82, 2.24) is 20.4 Å². The second-order valence-corrected chi connectivity index (χ2v) is 9.22. The Morgan fingerprint density at radius 3 is 2.47 bits per heavy atom. The highest BCUT2D eigenvalue weighted by molar-refractivity contribution is 14.0. The number of rotatable bonds is 8. The number of ether oxygens (including phenoxy) is 1. The molecule has 2 fully saturated rings. The highest BCUT2D eigenvalue weighted by atomic mass is 127. The van der Waals surface area contributed by atoms with Crippen LogP contribution in [0.25, 0.3) is 0 Å². The SMILES string of the molecule is CN=C(NCc1ccccc1CN1CCOCC1)NCC(c1cccs1)N1CCCC1.I.